The molecular formula is C17H17ClIN. The van der Waals surface area contributed by atoms with Crippen LogP contribution in [-0.2, 0) is 0 Å². The minimum absolute atomic E-state index is 0.754. The molecule has 0 radical (unpaired) electrons. The third-order valence-corrected chi connectivity index (χ3v) is 4.16. The van der Waals surface area contributed by atoms with E-state index in [9.17, 15) is 0 Å². The first-order valence-corrected chi connectivity index (χ1v) is 8.39. The number of halogens is 2. The van der Waals surface area contributed by atoms with Gasteiger partial charge in [0.2, 0.25) is 0 Å². The van der Waals surface area contributed by atoms with Crippen molar-refractivity contribution in [3.63, 3.8) is 0 Å². The highest BCUT2D eigenvalue weighted by Gasteiger charge is 2.07. The van der Waals surface area contributed by atoms with Gasteiger partial charge in [0.25, 0.3) is 0 Å². The maximum atomic E-state index is 5.95. The molecule has 0 aliphatic heterocycles. The number of nitrogens with zero attached hydrogens (tertiary/aromatic N) is 1. The van der Waals surface area contributed by atoms with Crippen LogP contribution in [0.15, 0.2) is 41.4 Å². The summed E-state index contributed by atoms with van der Waals surface area (Å²) in [4.78, 5) is 4.88. The number of hydrogen-bond donors (Lipinski definition) is 0. The summed E-state index contributed by atoms with van der Waals surface area (Å²) in [5.74, 6) is 0. The largest absolute Gasteiger partial charge is 0.251 e. The summed E-state index contributed by atoms with van der Waals surface area (Å²) in [5.41, 5.74) is 7.01. The van der Waals surface area contributed by atoms with Gasteiger partial charge >= 0.3 is 0 Å². The lowest BCUT2D eigenvalue weighted by Crippen LogP contribution is -2.02. The average Bonchev–Trinajstić information content (AvgIpc) is 2.39. The second-order valence-electron chi connectivity index (χ2n) is 4.95. The molecule has 2 aromatic carbocycles. The molecule has 0 saturated heterocycles. The topological polar surface area (TPSA) is 12.4 Å². The quantitative estimate of drug-likeness (QED) is 0.351. The molecule has 1 nitrogen and oxygen atoms in total. The van der Waals surface area contributed by atoms with E-state index in [-0.39, 0.29) is 0 Å². The summed E-state index contributed by atoms with van der Waals surface area (Å²) in [5, 5.41) is 0.754. The van der Waals surface area contributed by atoms with Gasteiger partial charge < -0.3 is 0 Å². The van der Waals surface area contributed by atoms with E-state index in [0.29, 0.717) is 0 Å². The summed E-state index contributed by atoms with van der Waals surface area (Å²) in [6.45, 7) is 6.35. The van der Waals surface area contributed by atoms with Gasteiger partial charge in [-0.15, -0.1) is 0 Å². The molecule has 0 bridgehead atoms. The Labute approximate surface area is 139 Å². The van der Waals surface area contributed by atoms with Crippen molar-refractivity contribution in [3.8, 4) is 0 Å². The molecule has 0 aliphatic rings. The van der Waals surface area contributed by atoms with Crippen molar-refractivity contribution in [2.45, 2.75) is 20.8 Å². The molecule has 0 heterocycles. The first-order chi connectivity index (χ1) is 9.51. The van der Waals surface area contributed by atoms with Crippen molar-refractivity contribution in [2.75, 3.05) is 4.43 Å². The van der Waals surface area contributed by atoms with E-state index in [2.05, 4.69) is 55.5 Å². The fourth-order valence-corrected chi connectivity index (χ4v) is 3.03. The van der Waals surface area contributed by atoms with Crippen molar-refractivity contribution in [1.82, 2.24) is 0 Å². The standard InChI is InChI=1S/C17H17ClIN/c1-11-8-12(2)17(13(3)9-11)20-16(10-19)14-4-6-15(18)7-5-14/h4-9H,10H2,1-3H3/b20-16-. The van der Waals surface area contributed by atoms with Gasteiger partial charge in [0.15, 0.2) is 0 Å². The fourth-order valence-electron chi connectivity index (χ4n) is 2.30. The maximum Gasteiger partial charge on any atom is 0.0692 e. The second kappa shape index (κ2) is 6.72. The Balaban J connectivity index is 2.49. The summed E-state index contributed by atoms with van der Waals surface area (Å²) in [7, 11) is 0. The smallest absolute Gasteiger partial charge is 0.0692 e. The molecule has 0 spiro atoms. The molecule has 3 heteroatoms. The van der Waals surface area contributed by atoms with Gasteiger partial charge in [-0.2, -0.15) is 0 Å². The number of aryl methyl sites for hydroxylation is 3. The summed E-state index contributed by atoms with van der Waals surface area (Å²) < 4.78 is 0.867. The van der Waals surface area contributed by atoms with E-state index in [1.807, 2.05) is 24.3 Å². The Bertz CT molecular complexity index is 622. The van der Waals surface area contributed by atoms with E-state index < -0.39 is 0 Å². The minimum atomic E-state index is 0.754. The normalized spacial score (nSPS) is 11.8. The van der Waals surface area contributed by atoms with Crippen LogP contribution in [0.25, 0.3) is 0 Å². The van der Waals surface area contributed by atoms with E-state index in [1.54, 1.807) is 0 Å². The lowest BCUT2D eigenvalue weighted by atomic mass is 10.0. The van der Waals surface area contributed by atoms with Gasteiger partial charge in [-0.3, -0.25) is 4.99 Å². The average molecular weight is 398 g/mol. The van der Waals surface area contributed by atoms with Gasteiger partial charge in [-0.05, 0) is 49.6 Å². The maximum absolute atomic E-state index is 5.95. The van der Waals surface area contributed by atoms with Crippen LogP contribution < -0.4 is 0 Å². The van der Waals surface area contributed by atoms with E-state index in [4.69, 9.17) is 16.6 Å². The van der Waals surface area contributed by atoms with E-state index in [0.717, 1.165) is 26.4 Å². The van der Waals surface area contributed by atoms with Gasteiger partial charge in [-0.25, -0.2) is 0 Å². The highest BCUT2D eigenvalue weighted by molar-refractivity contribution is 14.1. The van der Waals surface area contributed by atoms with Crippen LogP contribution >= 0.6 is 34.2 Å². The van der Waals surface area contributed by atoms with Crippen molar-refractivity contribution in [2.24, 2.45) is 4.99 Å². The molecule has 0 aliphatic carbocycles. The number of aliphatic imine (C=N–C) groups is 1. The van der Waals surface area contributed by atoms with Crippen LogP contribution in [0.1, 0.15) is 22.3 Å². The van der Waals surface area contributed by atoms with Gasteiger partial charge in [0, 0.05) is 9.45 Å². The predicted octanol–water partition coefficient (Wildman–Crippen LogP) is 5.82. The molecule has 104 valence electrons. The number of benzene rings is 2. The van der Waals surface area contributed by atoms with Crippen LogP contribution in [0.3, 0.4) is 0 Å². The first-order valence-electron chi connectivity index (χ1n) is 6.48. The molecular weight excluding hydrogens is 381 g/mol. The summed E-state index contributed by atoms with van der Waals surface area (Å²) in [6.07, 6.45) is 0. The van der Waals surface area contributed by atoms with Gasteiger partial charge in [-0.1, -0.05) is 64.0 Å². The van der Waals surface area contributed by atoms with Crippen molar-refractivity contribution in [3.05, 3.63) is 63.7 Å². The van der Waals surface area contributed by atoms with Crippen LogP contribution in [0.4, 0.5) is 5.69 Å². The zero-order valence-electron chi connectivity index (χ0n) is 11.9. The molecule has 20 heavy (non-hydrogen) atoms. The third-order valence-electron chi connectivity index (χ3n) is 3.19. The third kappa shape index (κ3) is 3.61. The summed E-state index contributed by atoms with van der Waals surface area (Å²) >= 11 is 8.30. The van der Waals surface area contributed by atoms with E-state index >= 15 is 0 Å². The molecule has 0 aromatic heterocycles. The SMILES string of the molecule is Cc1cc(C)c(/N=C(/CI)c2ccc(Cl)cc2)c(C)c1. The zero-order chi connectivity index (χ0) is 14.7. The van der Waals surface area contributed by atoms with Gasteiger partial charge in [0.1, 0.15) is 0 Å². The number of rotatable bonds is 3. The monoisotopic (exact) mass is 397 g/mol. The molecule has 0 saturated carbocycles. The Morgan fingerprint density at radius 2 is 1.60 bits per heavy atom. The molecule has 0 N–H and O–H groups in total. The fraction of sp³-hybridized carbons (Fsp3) is 0.235. The minimum Gasteiger partial charge on any atom is -0.251 e. The summed E-state index contributed by atoms with van der Waals surface area (Å²) in [6, 6.07) is 12.2. The molecule has 0 amide bonds. The van der Waals surface area contributed by atoms with Crippen molar-refractivity contribution < 1.29 is 0 Å². The molecule has 0 fully saturated rings. The van der Waals surface area contributed by atoms with Crippen LogP contribution in [-0.4, -0.2) is 10.1 Å². The molecule has 0 unspecified atom stereocenters. The van der Waals surface area contributed by atoms with Crippen LogP contribution in [0.2, 0.25) is 5.02 Å². The van der Waals surface area contributed by atoms with Crippen LogP contribution in [0, 0.1) is 20.8 Å². The Morgan fingerprint density at radius 1 is 1.05 bits per heavy atom. The molecule has 0 atom stereocenters. The highest BCUT2D eigenvalue weighted by atomic mass is 127. The zero-order valence-corrected chi connectivity index (χ0v) is 14.8. The lowest BCUT2D eigenvalue weighted by molar-refractivity contribution is 1.28. The lowest BCUT2D eigenvalue weighted by Gasteiger charge is -2.10. The van der Waals surface area contributed by atoms with Crippen LogP contribution in [0.5, 0.6) is 0 Å². The highest BCUT2D eigenvalue weighted by Crippen LogP contribution is 2.26. The van der Waals surface area contributed by atoms with Crippen molar-refractivity contribution in [1.29, 1.82) is 0 Å². The molecule has 2 rings (SSSR count). The van der Waals surface area contributed by atoms with Gasteiger partial charge in [0.05, 0.1) is 11.4 Å². The van der Waals surface area contributed by atoms with E-state index in [1.165, 1.54) is 16.7 Å². The Morgan fingerprint density at radius 3 is 2.10 bits per heavy atom. The first kappa shape index (κ1) is 15.5. The molecule has 2 aromatic rings. The second-order valence-corrected chi connectivity index (χ2v) is 6.15. The Kier molecular flexibility index (Phi) is 5.22. The number of alkyl halides is 1. The van der Waals surface area contributed by atoms with Crippen molar-refractivity contribution >= 4 is 45.6 Å². The predicted molar refractivity (Wildman–Crippen MR) is 97.2 cm³/mol. The number of hydrogen-bond acceptors (Lipinski definition) is 1. The Hall–Kier alpha value is -0.870.